The van der Waals surface area contributed by atoms with E-state index in [4.69, 9.17) is 4.74 Å². The van der Waals surface area contributed by atoms with Crippen LogP contribution in [0.5, 0.6) is 5.88 Å². The van der Waals surface area contributed by atoms with Gasteiger partial charge < -0.3 is 9.64 Å². The van der Waals surface area contributed by atoms with Gasteiger partial charge in [-0.15, -0.1) is 11.3 Å². The molecule has 0 saturated carbocycles. The van der Waals surface area contributed by atoms with Crippen LogP contribution in [-0.2, 0) is 0 Å². The molecule has 0 radical (unpaired) electrons. The lowest BCUT2D eigenvalue weighted by Gasteiger charge is -2.31. The Hall–Kier alpha value is -1.95. The molecule has 0 N–H and O–H groups in total. The van der Waals surface area contributed by atoms with Gasteiger partial charge in [0.15, 0.2) is 0 Å². The standard InChI is InChI=1S/C18H23N3O2S/c1-12(2)23-16-8-4-7-15(20-16)18(22)21-9-5-6-14(10-21)17-19-13(3)11-24-17/h4,7-8,11-12,14H,5-6,9-10H2,1-3H3. The maximum absolute atomic E-state index is 12.8. The molecule has 128 valence electrons. The number of rotatable bonds is 4. The molecule has 5 nitrogen and oxygen atoms in total. The highest BCUT2D eigenvalue weighted by molar-refractivity contribution is 7.09. The number of pyridine rings is 1. The topological polar surface area (TPSA) is 55.3 Å². The highest BCUT2D eigenvalue weighted by Crippen LogP contribution is 2.29. The number of ether oxygens (including phenoxy) is 1. The summed E-state index contributed by atoms with van der Waals surface area (Å²) < 4.78 is 5.60. The van der Waals surface area contributed by atoms with Gasteiger partial charge in [0.05, 0.1) is 11.1 Å². The molecule has 2 aromatic rings. The minimum Gasteiger partial charge on any atom is -0.475 e. The number of carbonyl (C=O) groups is 1. The number of likely N-dealkylation sites (tertiary alicyclic amines) is 1. The van der Waals surface area contributed by atoms with E-state index in [1.54, 1.807) is 23.5 Å². The lowest BCUT2D eigenvalue weighted by atomic mass is 9.98. The molecule has 0 spiro atoms. The Morgan fingerprint density at radius 1 is 1.38 bits per heavy atom. The van der Waals surface area contributed by atoms with E-state index in [9.17, 15) is 4.79 Å². The molecule has 6 heteroatoms. The molecule has 1 saturated heterocycles. The Morgan fingerprint density at radius 3 is 2.92 bits per heavy atom. The summed E-state index contributed by atoms with van der Waals surface area (Å²) in [7, 11) is 0. The van der Waals surface area contributed by atoms with Gasteiger partial charge in [-0.3, -0.25) is 4.79 Å². The molecular weight excluding hydrogens is 322 g/mol. The number of aryl methyl sites for hydroxylation is 1. The fraction of sp³-hybridized carbons (Fsp3) is 0.500. The second kappa shape index (κ2) is 7.30. The zero-order chi connectivity index (χ0) is 17.1. The summed E-state index contributed by atoms with van der Waals surface area (Å²) in [5.41, 5.74) is 1.50. The Kier molecular flexibility index (Phi) is 5.14. The third kappa shape index (κ3) is 3.93. The number of nitrogens with zero attached hydrogens (tertiary/aromatic N) is 3. The van der Waals surface area contributed by atoms with Crippen molar-refractivity contribution in [3.63, 3.8) is 0 Å². The summed E-state index contributed by atoms with van der Waals surface area (Å²) >= 11 is 1.69. The molecule has 3 rings (SSSR count). The summed E-state index contributed by atoms with van der Waals surface area (Å²) in [5.74, 6) is 0.804. The smallest absolute Gasteiger partial charge is 0.272 e. The van der Waals surface area contributed by atoms with Crippen LogP contribution < -0.4 is 4.74 Å². The van der Waals surface area contributed by atoms with Gasteiger partial charge in [0, 0.05) is 36.1 Å². The number of hydrogen-bond donors (Lipinski definition) is 0. The van der Waals surface area contributed by atoms with Crippen molar-refractivity contribution in [2.24, 2.45) is 0 Å². The first-order chi connectivity index (χ1) is 11.5. The summed E-state index contributed by atoms with van der Waals surface area (Å²) in [5, 5.41) is 3.21. The Morgan fingerprint density at radius 2 is 2.21 bits per heavy atom. The molecule has 1 aliphatic heterocycles. The van der Waals surface area contributed by atoms with E-state index in [0.29, 0.717) is 24.0 Å². The normalized spacial score (nSPS) is 18.0. The van der Waals surface area contributed by atoms with Gasteiger partial charge in [-0.2, -0.15) is 0 Å². The highest BCUT2D eigenvalue weighted by atomic mass is 32.1. The maximum Gasteiger partial charge on any atom is 0.272 e. The zero-order valence-electron chi connectivity index (χ0n) is 14.4. The molecular formula is C18H23N3O2S. The minimum atomic E-state index is -0.0258. The number of hydrogen-bond acceptors (Lipinski definition) is 5. The average Bonchev–Trinajstić information content (AvgIpc) is 3.00. The summed E-state index contributed by atoms with van der Waals surface area (Å²) in [6, 6.07) is 5.37. The predicted octanol–water partition coefficient (Wildman–Crippen LogP) is 3.65. The number of amides is 1. The Bertz CT molecular complexity index is 714. The summed E-state index contributed by atoms with van der Waals surface area (Å²) in [6.07, 6.45) is 2.12. The van der Waals surface area contributed by atoms with E-state index in [0.717, 1.165) is 30.1 Å². The molecule has 3 heterocycles. The van der Waals surface area contributed by atoms with Crippen molar-refractivity contribution in [3.8, 4) is 5.88 Å². The third-order valence-electron chi connectivity index (χ3n) is 3.99. The van der Waals surface area contributed by atoms with Crippen molar-refractivity contribution in [1.82, 2.24) is 14.9 Å². The summed E-state index contributed by atoms with van der Waals surface area (Å²) in [6.45, 7) is 7.39. The number of carbonyl (C=O) groups excluding carboxylic acids is 1. The van der Waals surface area contributed by atoms with Crippen LogP contribution in [0.3, 0.4) is 0 Å². The molecule has 0 aliphatic carbocycles. The first kappa shape index (κ1) is 16.9. The molecule has 1 amide bonds. The first-order valence-electron chi connectivity index (χ1n) is 8.38. The van der Waals surface area contributed by atoms with Gasteiger partial charge in [-0.25, -0.2) is 9.97 Å². The largest absolute Gasteiger partial charge is 0.475 e. The second-order valence-corrected chi connectivity index (χ2v) is 7.33. The van der Waals surface area contributed by atoms with Gasteiger partial charge in [-0.1, -0.05) is 6.07 Å². The van der Waals surface area contributed by atoms with E-state index in [2.05, 4.69) is 15.3 Å². The fourth-order valence-corrected chi connectivity index (χ4v) is 3.85. The van der Waals surface area contributed by atoms with E-state index >= 15 is 0 Å². The lowest BCUT2D eigenvalue weighted by molar-refractivity contribution is 0.0699. The van der Waals surface area contributed by atoms with Crippen molar-refractivity contribution in [2.45, 2.75) is 45.6 Å². The molecule has 2 aromatic heterocycles. The van der Waals surface area contributed by atoms with Crippen molar-refractivity contribution in [2.75, 3.05) is 13.1 Å². The average molecular weight is 345 g/mol. The minimum absolute atomic E-state index is 0.0258. The second-order valence-electron chi connectivity index (χ2n) is 6.45. The third-order valence-corrected chi connectivity index (χ3v) is 5.12. The van der Waals surface area contributed by atoms with Crippen LogP contribution >= 0.6 is 11.3 Å². The van der Waals surface area contributed by atoms with E-state index in [-0.39, 0.29) is 12.0 Å². The Labute approximate surface area is 146 Å². The fourth-order valence-electron chi connectivity index (χ4n) is 2.93. The molecule has 1 atom stereocenters. The van der Waals surface area contributed by atoms with Gasteiger partial charge in [-0.05, 0) is 39.7 Å². The van der Waals surface area contributed by atoms with Gasteiger partial charge in [0.2, 0.25) is 5.88 Å². The van der Waals surface area contributed by atoms with Crippen molar-refractivity contribution in [1.29, 1.82) is 0 Å². The van der Waals surface area contributed by atoms with Crippen LogP contribution in [0.1, 0.15) is 53.8 Å². The zero-order valence-corrected chi connectivity index (χ0v) is 15.2. The Balaban J connectivity index is 1.72. The molecule has 1 fully saturated rings. The SMILES string of the molecule is Cc1csc(C2CCCN(C(=O)c3cccc(OC(C)C)n3)C2)n1. The lowest BCUT2D eigenvalue weighted by Crippen LogP contribution is -2.39. The monoisotopic (exact) mass is 345 g/mol. The molecule has 24 heavy (non-hydrogen) atoms. The number of aromatic nitrogens is 2. The van der Waals surface area contributed by atoms with E-state index in [1.807, 2.05) is 31.7 Å². The molecule has 0 aromatic carbocycles. The van der Waals surface area contributed by atoms with Crippen LogP contribution in [0.2, 0.25) is 0 Å². The van der Waals surface area contributed by atoms with Crippen molar-refractivity contribution >= 4 is 17.2 Å². The highest BCUT2D eigenvalue weighted by Gasteiger charge is 2.27. The van der Waals surface area contributed by atoms with E-state index < -0.39 is 0 Å². The predicted molar refractivity (Wildman–Crippen MR) is 94.7 cm³/mol. The van der Waals surface area contributed by atoms with Gasteiger partial charge in [0.25, 0.3) is 5.91 Å². The van der Waals surface area contributed by atoms with E-state index in [1.165, 1.54) is 0 Å². The number of thiazole rings is 1. The van der Waals surface area contributed by atoms with Crippen LogP contribution in [0.4, 0.5) is 0 Å². The van der Waals surface area contributed by atoms with Gasteiger partial charge in [0.1, 0.15) is 5.69 Å². The van der Waals surface area contributed by atoms with Crippen molar-refractivity contribution in [3.05, 3.63) is 40.0 Å². The summed E-state index contributed by atoms with van der Waals surface area (Å²) in [4.78, 5) is 23.7. The van der Waals surface area contributed by atoms with Crippen LogP contribution in [0.25, 0.3) is 0 Å². The number of piperidine rings is 1. The molecule has 0 bridgehead atoms. The van der Waals surface area contributed by atoms with Crippen LogP contribution in [-0.4, -0.2) is 40.0 Å². The first-order valence-corrected chi connectivity index (χ1v) is 9.26. The molecule has 1 aliphatic rings. The van der Waals surface area contributed by atoms with Gasteiger partial charge >= 0.3 is 0 Å². The quantitative estimate of drug-likeness (QED) is 0.849. The van der Waals surface area contributed by atoms with Crippen molar-refractivity contribution < 1.29 is 9.53 Å². The van der Waals surface area contributed by atoms with Crippen LogP contribution in [0.15, 0.2) is 23.6 Å². The van der Waals surface area contributed by atoms with Crippen LogP contribution in [0, 0.1) is 6.92 Å². The molecule has 1 unspecified atom stereocenters. The maximum atomic E-state index is 12.8.